The molecule has 2 aromatic carbocycles. The summed E-state index contributed by atoms with van der Waals surface area (Å²) in [6.07, 6.45) is 5.01. The Morgan fingerprint density at radius 2 is 1.76 bits per heavy atom. The molecule has 5 nitrogen and oxygen atoms in total. The fourth-order valence-electron chi connectivity index (χ4n) is 2.69. The lowest BCUT2D eigenvalue weighted by Gasteiger charge is -2.14. The molecule has 3 N–H and O–H groups in total. The van der Waals surface area contributed by atoms with Crippen LogP contribution < -0.4 is 10.6 Å². The molecule has 2 rings (SSSR count). The largest absolute Gasteiger partial charge is 0.506 e. The van der Waals surface area contributed by atoms with E-state index in [4.69, 9.17) is 23.2 Å². The molecule has 0 saturated carbocycles. The van der Waals surface area contributed by atoms with E-state index in [0.717, 1.165) is 25.7 Å². The molecule has 29 heavy (non-hydrogen) atoms. The van der Waals surface area contributed by atoms with Gasteiger partial charge >= 0.3 is 0 Å². The average molecular weight is 502 g/mol. The standard InChI is InChI=1S/C21H23BrCl2N2O3/c1-2-3-4-5-9-14(22)21(29)25-17-12-19(27)18(11-16(17)24)26-20(28)13-8-6-7-10-15(13)23/h6-8,10-12,14,27H,2-5,9H2,1H3,(H,25,29)(H,26,28). The third kappa shape index (κ3) is 6.91. The molecule has 156 valence electrons. The van der Waals surface area contributed by atoms with E-state index in [9.17, 15) is 14.7 Å². The Kier molecular flexibility index (Phi) is 9.27. The second kappa shape index (κ2) is 11.4. The maximum Gasteiger partial charge on any atom is 0.257 e. The van der Waals surface area contributed by atoms with Crippen molar-refractivity contribution in [3.63, 3.8) is 0 Å². The Labute approximate surface area is 188 Å². The lowest BCUT2D eigenvalue weighted by atomic mass is 10.1. The van der Waals surface area contributed by atoms with E-state index in [-0.39, 0.29) is 38.4 Å². The molecule has 8 heteroatoms. The molecule has 0 heterocycles. The van der Waals surface area contributed by atoms with Crippen LogP contribution in [-0.4, -0.2) is 21.7 Å². The van der Waals surface area contributed by atoms with Gasteiger partial charge in [-0.25, -0.2) is 0 Å². The topological polar surface area (TPSA) is 78.4 Å². The second-order valence-electron chi connectivity index (χ2n) is 6.59. The number of rotatable bonds is 9. The highest BCUT2D eigenvalue weighted by Crippen LogP contribution is 2.34. The summed E-state index contributed by atoms with van der Waals surface area (Å²) in [5.74, 6) is -0.943. The van der Waals surface area contributed by atoms with Crippen LogP contribution in [0.4, 0.5) is 11.4 Å². The highest BCUT2D eigenvalue weighted by molar-refractivity contribution is 9.10. The van der Waals surface area contributed by atoms with E-state index >= 15 is 0 Å². The zero-order valence-electron chi connectivity index (χ0n) is 16.0. The smallest absolute Gasteiger partial charge is 0.257 e. The van der Waals surface area contributed by atoms with Crippen molar-refractivity contribution in [3.05, 3.63) is 52.0 Å². The minimum atomic E-state index is -0.480. The van der Waals surface area contributed by atoms with Gasteiger partial charge in [0.2, 0.25) is 5.91 Å². The zero-order chi connectivity index (χ0) is 21.4. The Morgan fingerprint density at radius 3 is 2.45 bits per heavy atom. The number of phenolic OH excluding ortho intramolecular Hbond substituents is 1. The van der Waals surface area contributed by atoms with E-state index in [1.165, 1.54) is 12.1 Å². The number of unbranched alkanes of at least 4 members (excludes halogenated alkanes) is 3. The molecule has 0 spiro atoms. The van der Waals surface area contributed by atoms with Gasteiger partial charge in [0, 0.05) is 6.07 Å². The van der Waals surface area contributed by atoms with Gasteiger partial charge in [0.05, 0.1) is 31.8 Å². The van der Waals surface area contributed by atoms with Gasteiger partial charge in [-0.1, -0.05) is 83.9 Å². The molecule has 1 atom stereocenters. The Balaban J connectivity index is 2.04. The van der Waals surface area contributed by atoms with Gasteiger partial charge in [0.25, 0.3) is 5.91 Å². The normalized spacial score (nSPS) is 11.7. The summed E-state index contributed by atoms with van der Waals surface area (Å²) in [7, 11) is 0. The Bertz CT molecular complexity index is 877. The number of anilines is 2. The Hall–Kier alpha value is -1.76. The molecule has 0 aliphatic heterocycles. The quantitative estimate of drug-likeness (QED) is 0.205. The number of hydrogen-bond donors (Lipinski definition) is 3. The maximum atomic E-state index is 12.4. The van der Waals surface area contributed by atoms with Crippen LogP contribution >= 0.6 is 39.1 Å². The summed E-state index contributed by atoms with van der Waals surface area (Å²) in [5.41, 5.74) is 0.656. The molecule has 0 radical (unpaired) electrons. The molecule has 0 aliphatic rings. The first kappa shape index (κ1) is 23.5. The van der Waals surface area contributed by atoms with Crippen molar-refractivity contribution in [2.45, 2.75) is 43.9 Å². The molecular formula is C21H23BrCl2N2O3. The van der Waals surface area contributed by atoms with Crippen LogP contribution in [0.25, 0.3) is 0 Å². The maximum absolute atomic E-state index is 12.4. The van der Waals surface area contributed by atoms with Crippen molar-refractivity contribution in [1.29, 1.82) is 0 Å². The molecule has 0 fully saturated rings. The van der Waals surface area contributed by atoms with Gasteiger partial charge in [-0.3, -0.25) is 9.59 Å². The van der Waals surface area contributed by atoms with Gasteiger partial charge in [0.1, 0.15) is 5.75 Å². The number of benzene rings is 2. The van der Waals surface area contributed by atoms with E-state index in [0.29, 0.717) is 11.4 Å². The highest BCUT2D eigenvalue weighted by Gasteiger charge is 2.18. The first-order valence-electron chi connectivity index (χ1n) is 9.36. The molecule has 0 aliphatic carbocycles. The predicted molar refractivity (Wildman–Crippen MR) is 123 cm³/mol. The Morgan fingerprint density at radius 1 is 1.03 bits per heavy atom. The van der Waals surface area contributed by atoms with Crippen LogP contribution in [0.5, 0.6) is 5.75 Å². The number of nitrogens with one attached hydrogen (secondary N) is 2. The number of hydrogen-bond acceptors (Lipinski definition) is 3. The average Bonchev–Trinajstić information content (AvgIpc) is 2.69. The summed E-state index contributed by atoms with van der Waals surface area (Å²) < 4.78 is 0. The van der Waals surface area contributed by atoms with Gasteiger partial charge in [-0.2, -0.15) is 0 Å². The fourth-order valence-corrected chi connectivity index (χ4v) is 3.56. The molecular weight excluding hydrogens is 479 g/mol. The SMILES string of the molecule is CCCCCCC(Br)C(=O)Nc1cc(O)c(NC(=O)c2ccccc2Cl)cc1Cl. The van der Waals surface area contributed by atoms with E-state index in [1.54, 1.807) is 24.3 Å². The van der Waals surface area contributed by atoms with Gasteiger partial charge in [0.15, 0.2) is 0 Å². The van der Waals surface area contributed by atoms with Crippen LogP contribution in [0.3, 0.4) is 0 Å². The van der Waals surface area contributed by atoms with Crippen LogP contribution in [0.1, 0.15) is 49.4 Å². The number of phenols is 1. The van der Waals surface area contributed by atoms with Gasteiger partial charge in [-0.15, -0.1) is 0 Å². The van der Waals surface area contributed by atoms with E-state index in [2.05, 4.69) is 33.5 Å². The zero-order valence-corrected chi connectivity index (χ0v) is 19.1. The molecule has 1 unspecified atom stereocenters. The van der Waals surface area contributed by atoms with Crippen molar-refractivity contribution in [2.75, 3.05) is 10.6 Å². The summed E-state index contributed by atoms with van der Waals surface area (Å²) in [6, 6.07) is 9.25. The summed E-state index contributed by atoms with van der Waals surface area (Å²) >= 11 is 15.6. The monoisotopic (exact) mass is 500 g/mol. The second-order valence-corrected chi connectivity index (χ2v) is 8.51. The third-order valence-corrected chi connectivity index (χ3v) is 5.82. The number of amides is 2. The first-order valence-corrected chi connectivity index (χ1v) is 11.0. The third-order valence-electron chi connectivity index (χ3n) is 4.31. The van der Waals surface area contributed by atoms with Crippen molar-refractivity contribution in [2.24, 2.45) is 0 Å². The highest BCUT2D eigenvalue weighted by atomic mass is 79.9. The summed E-state index contributed by atoms with van der Waals surface area (Å²) in [4.78, 5) is 24.4. The van der Waals surface area contributed by atoms with Crippen molar-refractivity contribution in [1.82, 2.24) is 0 Å². The van der Waals surface area contributed by atoms with Crippen LogP contribution in [-0.2, 0) is 4.79 Å². The minimum absolute atomic E-state index is 0.118. The summed E-state index contributed by atoms with van der Waals surface area (Å²) in [5, 5.41) is 16.0. The number of alkyl halides is 1. The van der Waals surface area contributed by atoms with E-state index in [1.807, 2.05) is 0 Å². The minimum Gasteiger partial charge on any atom is -0.506 e. The lowest BCUT2D eigenvalue weighted by molar-refractivity contribution is -0.115. The number of carbonyl (C=O) groups excluding carboxylic acids is 2. The number of halogens is 3. The molecule has 0 saturated heterocycles. The van der Waals surface area contributed by atoms with Crippen LogP contribution in [0.15, 0.2) is 36.4 Å². The number of carbonyl (C=O) groups is 2. The van der Waals surface area contributed by atoms with Crippen molar-refractivity contribution >= 4 is 62.3 Å². The van der Waals surface area contributed by atoms with Crippen LogP contribution in [0.2, 0.25) is 10.0 Å². The van der Waals surface area contributed by atoms with E-state index < -0.39 is 5.91 Å². The molecule has 0 bridgehead atoms. The first-order chi connectivity index (χ1) is 13.8. The molecule has 0 aromatic heterocycles. The predicted octanol–water partition coefficient (Wildman–Crippen LogP) is 6.62. The number of aromatic hydroxyl groups is 1. The fraction of sp³-hybridized carbons (Fsp3) is 0.333. The molecule has 2 aromatic rings. The van der Waals surface area contributed by atoms with Crippen molar-refractivity contribution in [3.8, 4) is 5.75 Å². The lowest BCUT2D eigenvalue weighted by Crippen LogP contribution is -2.23. The van der Waals surface area contributed by atoms with Gasteiger partial charge in [-0.05, 0) is 24.6 Å². The van der Waals surface area contributed by atoms with Crippen LogP contribution in [0, 0.1) is 0 Å². The summed E-state index contributed by atoms with van der Waals surface area (Å²) in [6.45, 7) is 2.13. The molecule has 2 amide bonds. The van der Waals surface area contributed by atoms with Crippen molar-refractivity contribution < 1.29 is 14.7 Å². The van der Waals surface area contributed by atoms with Gasteiger partial charge < -0.3 is 15.7 Å².